The molecule has 2 heteroatoms. The van der Waals surface area contributed by atoms with E-state index in [2.05, 4.69) is 47.2 Å². The van der Waals surface area contributed by atoms with E-state index in [1.807, 2.05) is 0 Å². The first-order valence-electron chi connectivity index (χ1n) is 8.20. The van der Waals surface area contributed by atoms with Gasteiger partial charge in [0.2, 0.25) is 0 Å². The molecule has 1 saturated carbocycles. The van der Waals surface area contributed by atoms with Gasteiger partial charge in [0, 0.05) is 5.41 Å². The van der Waals surface area contributed by atoms with Crippen LogP contribution in [0.25, 0.3) is 0 Å². The first-order valence-corrected chi connectivity index (χ1v) is 8.83. The third kappa shape index (κ3) is 4.67. The van der Waals surface area contributed by atoms with Crippen LogP contribution in [0.5, 0.6) is 0 Å². The zero-order valence-electron chi connectivity index (χ0n) is 13.6. The van der Waals surface area contributed by atoms with Crippen LogP contribution in [0.4, 0.5) is 0 Å². The largest absolute Gasteiger partial charge is 0.377 e. The molecule has 0 aromatic rings. The van der Waals surface area contributed by atoms with Gasteiger partial charge < -0.3 is 4.74 Å². The molecule has 3 atom stereocenters. The Morgan fingerprint density at radius 2 is 1.84 bits per heavy atom. The van der Waals surface area contributed by atoms with Crippen molar-refractivity contribution < 1.29 is 4.74 Å². The molecule has 0 radical (unpaired) electrons. The van der Waals surface area contributed by atoms with Crippen molar-refractivity contribution >= 4 is 12.6 Å². The first kappa shape index (κ1) is 17.4. The normalized spacial score (nSPS) is 28.9. The van der Waals surface area contributed by atoms with Crippen molar-refractivity contribution in [1.29, 1.82) is 0 Å². The van der Waals surface area contributed by atoms with Crippen LogP contribution >= 0.6 is 12.6 Å². The topological polar surface area (TPSA) is 9.23 Å². The second-order valence-corrected chi connectivity index (χ2v) is 7.36. The van der Waals surface area contributed by atoms with Crippen LogP contribution in [0.15, 0.2) is 0 Å². The summed E-state index contributed by atoms with van der Waals surface area (Å²) in [5, 5.41) is 0. The summed E-state index contributed by atoms with van der Waals surface area (Å²) in [6.07, 6.45) is 6.78. The van der Waals surface area contributed by atoms with E-state index in [9.17, 15) is 0 Å². The van der Waals surface area contributed by atoms with Gasteiger partial charge in [0.25, 0.3) is 0 Å². The lowest BCUT2D eigenvalue weighted by Crippen LogP contribution is -2.38. The summed E-state index contributed by atoms with van der Waals surface area (Å²) in [5.41, 5.74) is 0.283. The van der Waals surface area contributed by atoms with Crippen molar-refractivity contribution in [1.82, 2.24) is 0 Å². The van der Waals surface area contributed by atoms with Crippen molar-refractivity contribution in [3.63, 3.8) is 0 Å². The minimum atomic E-state index is 0.283. The molecule has 0 spiro atoms. The lowest BCUT2D eigenvalue weighted by molar-refractivity contribution is -0.0697. The van der Waals surface area contributed by atoms with Crippen LogP contribution in [-0.2, 0) is 4.74 Å². The van der Waals surface area contributed by atoms with Gasteiger partial charge in [-0.2, -0.15) is 12.6 Å². The third-order valence-electron chi connectivity index (χ3n) is 5.40. The molecular formula is C17H34OS. The Labute approximate surface area is 126 Å². The first-order chi connectivity index (χ1) is 8.98. The van der Waals surface area contributed by atoms with Gasteiger partial charge in [0.05, 0.1) is 12.7 Å². The number of rotatable bonds is 7. The molecule has 114 valence electrons. The molecule has 3 unspecified atom stereocenters. The van der Waals surface area contributed by atoms with Crippen LogP contribution in [0.3, 0.4) is 0 Å². The van der Waals surface area contributed by atoms with Crippen LogP contribution in [0.1, 0.15) is 66.7 Å². The van der Waals surface area contributed by atoms with Gasteiger partial charge in [-0.15, -0.1) is 0 Å². The van der Waals surface area contributed by atoms with E-state index in [0.717, 1.165) is 30.1 Å². The smallest absolute Gasteiger partial charge is 0.0608 e. The van der Waals surface area contributed by atoms with E-state index in [1.165, 1.54) is 32.1 Å². The fourth-order valence-corrected chi connectivity index (χ4v) is 3.85. The van der Waals surface area contributed by atoms with Gasteiger partial charge in [-0.25, -0.2) is 0 Å². The predicted octanol–water partition coefficient (Wildman–Crippen LogP) is 5.20. The van der Waals surface area contributed by atoms with Gasteiger partial charge in [-0.1, -0.05) is 41.0 Å². The number of thiol groups is 1. The Morgan fingerprint density at radius 3 is 2.32 bits per heavy atom. The monoisotopic (exact) mass is 286 g/mol. The summed E-state index contributed by atoms with van der Waals surface area (Å²) < 4.78 is 6.42. The van der Waals surface area contributed by atoms with E-state index in [1.54, 1.807) is 0 Å². The molecule has 0 heterocycles. The average Bonchev–Trinajstić information content (AvgIpc) is 2.40. The van der Waals surface area contributed by atoms with Crippen molar-refractivity contribution in [2.24, 2.45) is 23.2 Å². The number of hydrogen-bond donors (Lipinski definition) is 1. The zero-order chi connectivity index (χ0) is 14.5. The van der Waals surface area contributed by atoms with Crippen LogP contribution in [0, 0.1) is 23.2 Å². The summed E-state index contributed by atoms with van der Waals surface area (Å²) in [7, 11) is 0. The molecule has 0 N–H and O–H groups in total. The molecule has 0 aromatic heterocycles. The molecule has 0 saturated heterocycles. The van der Waals surface area contributed by atoms with Crippen LogP contribution in [0.2, 0.25) is 0 Å². The number of hydrogen-bond acceptors (Lipinski definition) is 2. The second-order valence-electron chi connectivity index (χ2n) is 7.04. The van der Waals surface area contributed by atoms with Gasteiger partial charge in [-0.3, -0.25) is 0 Å². The van der Waals surface area contributed by atoms with Gasteiger partial charge >= 0.3 is 0 Å². The Hall–Kier alpha value is 0.310. The molecule has 1 fully saturated rings. The highest BCUT2D eigenvalue weighted by molar-refractivity contribution is 7.80. The summed E-state index contributed by atoms with van der Waals surface area (Å²) in [6, 6.07) is 0. The Morgan fingerprint density at radius 1 is 1.21 bits per heavy atom. The Balaban J connectivity index is 2.61. The molecule has 1 aliphatic carbocycles. The molecule has 1 nitrogen and oxygen atoms in total. The highest BCUT2D eigenvalue weighted by Crippen LogP contribution is 2.37. The molecule has 1 aliphatic rings. The lowest BCUT2D eigenvalue weighted by atomic mass is 9.75. The van der Waals surface area contributed by atoms with E-state index in [4.69, 9.17) is 4.74 Å². The fraction of sp³-hybridized carbons (Fsp3) is 1.00. The molecule has 0 aromatic carbocycles. The molecule has 0 amide bonds. The Kier molecular flexibility index (Phi) is 7.24. The SMILES string of the molecule is CCC(CC)(CS)COC1CC(C)CCC1C(C)C. The maximum absolute atomic E-state index is 6.42. The standard InChI is InChI=1S/C17H34OS/c1-6-17(7-2,12-19)11-18-16-10-14(5)8-9-15(16)13(3)4/h13-16,19H,6-12H2,1-5H3. The quantitative estimate of drug-likeness (QED) is 0.633. The maximum Gasteiger partial charge on any atom is 0.0608 e. The van der Waals surface area contributed by atoms with Crippen molar-refractivity contribution in [3.05, 3.63) is 0 Å². The van der Waals surface area contributed by atoms with Gasteiger partial charge in [0.1, 0.15) is 0 Å². The molecule has 0 bridgehead atoms. The van der Waals surface area contributed by atoms with E-state index < -0.39 is 0 Å². The minimum Gasteiger partial charge on any atom is -0.377 e. The molecular weight excluding hydrogens is 252 g/mol. The summed E-state index contributed by atoms with van der Waals surface area (Å²) >= 11 is 4.56. The summed E-state index contributed by atoms with van der Waals surface area (Å²) in [5.74, 6) is 3.26. The van der Waals surface area contributed by atoms with Crippen molar-refractivity contribution in [2.75, 3.05) is 12.4 Å². The highest BCUT2D eigenvalue weighted by atomic mass is 32.1. The maximum atomic E-state index is 6.42. The summed E-state index contributed by atoms with van der Waals surface area (Å²) in [4.78, 5) is 0. The lowest BCUT2D eigenvalue weighted by Gasteiger charge is -2.40. The van der Waals surface area contributed by atoms with E-state index >= 15 is 0 Å². The summed E-state index contributed by atoms with van der Waals surface area (Å²) in [6.45, 7) is 12.5. The second kappa shape index (κ2) is 7.93. The predicted molar refractivity (Wildman–Crippen MR) is 88.0 cm³/mol. The number of ether oxygens (including phenoxy) is 1. The third-order valence-corrected chi connectivity index (χ3v) is 6.07. The van der Waals surface area contributed by atoms with Crippen LogP contribution in [-0.4, -0.2) is 18.5 Å². The average molecular weight is 287 g/mol. The van der Waals surface area contributed by atoms with Crippen molar-refractivity contribution in [3.8, 4) is 0 Å². The highest BCUT2D eigenvalue weighted by Gasteiger charge is 2.34. The van der Waals surface area contributed by atoms with Gasteiger partial charge in [-0.05, 0) is 49.2 Å². The minimum absolute atomic E-state index is 0.283. The zero-order valence-corrected chi connectivity index (χ0v) is 14.5. The van der Waals surface area contributed by atoms with E-state index in [0.29, 0.717) is 6.10 Å². The molecule has 1 rings (SSSR count). The molecule has 0 aliphatic heterocycles. The molecule has 19 heavy (non-hydrogen) atoms. The van der Waals surface area contributed by atoms with Gasteiger partial charge in [0.15, 0.2) is 0 Å². The van der Waals surface area contributed by atoms with Crippen LogP contribution < -0.4 is 0 Å². The van der Waals surface area contributed by atoms with Crippen molar-refractivity contribution in [2.45, 2.75) is 72.8 Å². The van der Waals surface area contributed by atoms with E-state index in [-0.39, 0.29) is 5.41 Å². The fourth-order valence-electron chi connectivity index (χ4n) is 3.31. The Bertz CT molecular complexity index is 239.